The summed E-state index contributed by atoms with van der Waals surface area (Å²) in [5.41, 5.74) is 4.12. The number of aromatic hydroxyl groups is 1. The van der Waals surface area contributed by atoms with Crippen molar-refractivity contribution < 1.29 is 14.6 Å². The van der Waals surface area contributed by atoms with Crippen LogP contribution >= 0.6 is 0 Å². The van der Waals surface area contributed by atoms with E-state index in [1.54, 1.807) is 6.07 Å². The van der Waals surface area contributed by atoms with Crippen LogP contribution in [-0.4, -0.2) is 35.1 Å². The number of carbonyl (C=O) groups excluding carboxylic acids is 1. The minimum Gasteiger partial charge on any atom is -0.508 e. The lowest BCUT2D eigenvalue weighted by Crippen LogP contribution is -2.40. The molecular formula is C23H27NO3. The summed E-state index contributed by atoms with van der Waals surface area (Å²) in [5.74, 6) is 0.238. The number of ether oxygens (including phenoxy) is 1. The van der Waals surface area contributed by atoms with E-state index in [2.05, 4.69) is 17.9 Å². The molecule has 2 aromatic rings. The normalized spacial score (nSPS) is 21.0. The van der Waals surface area contributed by atoms with E-state index >= 15 is 0 Å². The molecule has 4 nitrogen and oxygen atoms in total. The van der Waals surface area contributed by atoms with Gasteiger partial charge in [-0.15, -0.1) is 0 Å². The molecule has 0 bridgehead atoms. The van der Waals surface area contributed by atoms with Crippen molar-refractivity contribution in [3.63, 3.8) is 0 Å². The number of benzene rings is 2. The molecule has 0 fully saturated rings. The van der Waals surface area contributed by atoms with Crippen molar-refractivity contribution in [1.82, 2.24) is 4.90 Å². The van der Waals surface area contributed by atoms with Gasteiger partial charge in [-0.3, -0.25) is 4.90 Å². The molecule has 0 radical (unpaired) electrons. The van der Waals surface area contributed by atoms with Gasteiger partial charge in [0.1, 0.15) is 11.9 Å². The molecule has 142 valence electrons. The third-order valence-electron chi connectivity index (χ3n) is 5.91. The van der Waals surface area contributed by atoms with E-state index in [1.165, 1.54) is 5.56 Å². The molecule has 1 unspecified atom stereocenters. The predicted octanol–water partition coefficient (Wildman–Crippen LogP) is 4.26. The Morgan fingerprint density at radius 3 is 2.85 bits per heavy atom. The molecule has 1 heterocycles. The molecule has 2 aromatic carbocycles. The highest BCUT2D eigenvalue weighted by atomic mass is 16.5. The SMILES string of the molecule is CCCN(CC[C@@H]1OC(=O)c2ccccc21)C1CCc2c(O)cccc2C1. The van der Waals surface area contributed by atoms with Gasteiger partial charge in [-0.05, 0) is 55.5 Å². The number of hydrogen-bond donors (Lipinski definition) is 1. The zero-order valence-electron chi connectivity index (χ0n) is 15.9. The number of phenolic OH excluding ortho intramolecular Hbond substituents is 1. The first-order valence-corrected chi connectivity index (χ1v) is 10.0. The van der Waals surface area contributed by atoms with Crippen LogP contribution in [0, 0.1) is 0 Å². The summed E-state index contributed by atoms with van der Waals surface area (Å²) in [5, 5.41) is 10.1. The van der Waals surface area contributed by atoms with Crippen LogP contribution in [0.25, 0.3) is 0 Å². The van der Waals surface area contributed by atoms with E-state index in [9.17, 15) is 9.90 Å². The fourth-order valence-corrected chi connectivity index (χ4v) is 4.56. The average molecular weight is 365 g/mol. The average Bonchev–Trinajstić information content (AvgIpc) is 3.01. The monoisotopic (exact) mass is 365 g/mol. The summed E-state index contributed by atoms with van der Waals surface area (Å²) in [6, 6.07) is 14.1. The Bertz CT molecular complexity index is 832. The third-order valence-corrected chi connectivity index (χ3v) is 5.91. The second kappa shape index (κ2) is 7.73. The van der Waals surface area contributed by atoms with Gasteiger partial charge in [0.25, 0.3) is 0 Å². The molecule has 1 N–H and O–H groups in total. The van der Waals surface area contributed by atoms with Gasteiger partial charge in [-0.1, -0.05) is 37.3 Å². The molecule has 4 heteroatoms. The van der Waals surface area contributed by atoms with Crippen molar-refractivity contribution in [2.24, 2.45) is 0 Å². The van der Waals surface area contributed by atoms with E-state index in [0.29, 0.717) is 17.4 Å². The summed E-state index contributed by atoms with van der Waals surface area (Å²) >= 11 is 0. The summed E-state index contributed by atoms with van der Waals surface area (Å²) in [6.45, 7) is 4.17. The first kappa shape index (κ1) is 18.1. The van der Waals surface area contributed by atoms with Gasteiger partial charge < -0.3 is 9.84 Å². The summed E-state index contributed by atoms with van der Waals surface area (Å²) < 4.78 is 5.62. The van der Waals surface area contributed by atoms with Gasteiger partial charge >= 0.3 is 5.97 Å². The molecule has 27 heavy (non-hydrogen) atoms. The van der Waals surface area contributed by atoms with E-state index < -0.39 is 0 Å². The van der Waals surface area contributed by atoms with Crippen LogP contribution in [0.1, 0.15) is 59.3 Å². The van der Waals surface area contributed by atoms with Crippen LogP contribution in [-0.2, 0) is 17.6 Å². The molecule has 0 saturated heterocycles. The fourth-order valence-electron chi connectivity index (χ4n) is 4.56. The molecule has 2 aliphatic rings. The Labute approximate surface area is 160 Å². The van der Waals surface area contributed by atoms with E-state index in [0.717, 1.165) is 56.3 Å². The second-order valence-electron chi connectivity index (χ2n) is 7.62. The first-order chi connectivity index (χ1) is 13.2. The van der Waals surface area contributed by atoms with Crippen LogP contribution in [0.3, 0.4) is 0 Å². The lowest BCUT2D eigenvalue weighted by Gasteiger charge is -2.35. The van der Waals surface area contributed by atoms with Crippen molar-refractivity contribution in [2.45, 2.75) is 51.2 Å². The molecule has 0 aromatic heterocycles. The van der Waals surface area contributed by atoms with Crippen molar-refractivity contribution in [1.29, 1.82) is 0 Å². The topological polar surface area (TPSA) is 49.8 Å². The maximum Gasteiger partial charge on any atom is 0.339 e. The minimum atomic E-state index is -0.195. The largest absolute Gasteiger partial charge is 0.508 e. The third kappa shape index (κ3) is 3.59. The van der Waals surface area contributed by atoms with Crippen LogP contribution in [0.5, 0.6) is 5.75 Å². The maximum atomic E-state index is 12.1. The fraction of sp³-hybridized carbons (Fsp3) is 0.435. The van der Waals surface area contributed by atoms with Gasteiger partial charge in [0, 0.05) is 24.6 Å². The minimum absolute atomic E-state index is 0.132. The number of nitrogens with zero attached hydrogens (tertiary/aromatic N) is 1. The molecule has 1 aliphatic carbocycles. The maximum absolute atomic E-state index is 12.1. The zero-order valence-corrected chi connectivity index (χ0v) is 15.9. The van der Waals surface area contributed by atoms with Crippen LogP contribution in [0.4, 0.5) is 0 Å². The number of hydrogen-bond acceptors (Lipinski definition) is 4. The van der Waals surface area contributed by atoms with Gasteiger partial charge in [-0.25, -0.2) is 4.79 Å². The zero-order chi connectivity index (χ0) is 18.8. The molecule has 4 rings (SSSR count). The van der Waals surface area contributed by atoms with Crippen molar-refractivity contribution in [3.8, 4) is 5.75 Å². The highest BCUT2D eigenvalue weighted by Gasteiger charge is 2.32. The van der Waals surface area contributed by atoms with E-state index in [-0.39, 0.29) is 12.1 Å². The molecule has 1 aliphatic heterocycles. The van der Waals surface area contributed by atoms with Gasteiger partial charge in [0.15, 0.2) is 0 Å². The molecular weight excluding hydrogens is 338 g/mol. The van der Waals surface area contributed by atoms with E-state index in [4.69, 9.17) is 4.74 Å². The van der Waals surface area contributed by atoms with Crippen molar-refractivity contribution in [2.75, 3.05) is 13.1 Å². The lowest BCUT2D eigenvalue weighted by molar-refractivity contribution is 0.0328. The molecule has 0 spiro atoms. The van der Waals surface area contributed by atoms with Gasteiger partial charge in [-0.2, -0.15) is 0 Å². The van der Waals surface area contributed by atoms with Crippen LogP contribution in [0.2, 0.25) is 0 Å². The van der Waals surface area contributed by atoms with Crippen molar-refractivity contribution in [3.05, 3.63) is 64.7 Å². The first-order valence-electron chi connectivity index (χ1n) is 10.0. The van der Waals surface area contributed by atoms with E-state index in [1.807, 2.05) is 30.3 Å². The number of rotatable bonds is 6. The Morgan fingerprint density at radius 2 is 2.00 bits per heavy atom. The standard InChI is InChI=1S/C23H27NO3/c1-2-13-24(17-10-11-18-16(15-17)6-5-9-21(18)25)14-12-22-19-7-3-4-8-20(19)23(26)27-22/h3-9,17,22,25H,2,10-15H2,1H3/t17?,22-/m0/s1. The second-order valence-corrected chi connectivity index (χ2v) is 7.62. The quantitative estimate of drug-likeness (QED) is 0.777. The highest BCUT2D eigenvalue weighted by molar-refractivity contribution is 5.93. The molecule has 0 amide bonds. The Hall–Kier alpha value is -2.33. The number of esters is 1. The summed E-state index contributed by atoms with van der Waals surface area (Å²) in [4.78, 5) is 14.6. The van der Waals surface area contributed by atoms with Crippen molar-refractivity contribution >= 4 is 5.97 Å². The van der Waals surface area contributed by atoms with Crippen LogP contribution in [0.15, 0.2) is 42.5 Å². The predicted molar refractivity (Wildman–Crippen MR) is 105 cm³/mol. The number of carbonyl (C=O) groups is 1. The Morgan fingerprint density at radius 1 is 1.15 bits per heavy atom. The summed E-state index contributed by atoms with van der Waals surface area (Å²) in [7, 11) is 0. The molecule has 2 atom stereocenters. The Balaban J connectivity index is 1.44. The number of fused-ring (bicyclic) bond motifs is 2. The highest BCUT2D eigenvalue weighted by Crippen LogP contribution is 2.34. The number of cyclic esters (lactones) is 1. The lowest BCUT2D eigenvalue weighted by atomic mass is 9.86. The van der Waals surface area contributed by atoms with Crippen LogP contribution < -0.4 is 0 Å². The van der Waals surface area contributed by atoms with Gasteiger partial charge in [0.05, 0.1) is 5.56 Å². The molecule has 0 saturated carbocycles. The smallest absolute Gasteiger partial charge is 0.339 e. The number of phenols is 1. The summed E-state index contributed by atoms with van der Waals surface area (Å²) in [6.07, 6.45) is 4.76. The van der Waals surface area contributed by atoms with Gasteiger partial charge in [0.2, 0.25) is 0 Å². The Kier molecular flexibility index (Phi) is 5.17.